The lowest BCUT2D eigenvalue weighted by Gasteiger charge is -2.22. The van der Waals surface area contributed by atoms with E-state index in [1.54, 1.807) is 24.3 Å². The first kappa shape index (κ1) is 23.0. The van der Waals surface area contributed by atoms with Gasteiger partial charge in [0.15, 0.2) is 0 Å². The number of rotatable bonds is 8. The third-order valence-corrected chi connectivity index (χ3v) is 7.56. The SMILES string of the molecule is CC(NC(=O)CCc1ccc(S(=O)(=O)NC2CCCCC2)cc1)c1cccc(Br)c1. The molecule has 1 aliphatic carbocycles. The number of benzene rings is 2. The normalized spacial score (nSPS) is 16.2. The van der Waals surface area contributed by atoms with Crippen molar-refractivity contribution in [1.82, 2.24) is 10.0 Å². The zero-order valence-corrected chi connectivity index (χ0v) is 19.6. The topological polar surface area (TPSA) is 75.3 Å². The minimum absolute atomic E-state index is 0.0295. The average molecular weight is 493 g/mol. The van der Waals surface area contributed by atoms with Gasteiger partial charge in [-0.15, -0.1) is 0 Å². The lowest BCUT2D eigenvalue weighted by molar-refractivity contribution is -0.121. The lowest BCUT2D eigenvalue weighted by atomic mass is 9.96. The molecular weight excluding hydrogens is 464 g/mol. The Balaban J connectivity index is 1.50. The van der Waals surface area contributed by atoms with Gasteiger partial charge in [-0.2, -0.15) is 0 Å². The molecule has 0 radical (unpaired) electrons. The molecule has 0 bridgehead atoms. The molecule has 0 saturated heterocycles. The van der Waals surface area contributed by atoms with Crippen molar-refractivity contribution in [2.75, 3.05) is 0 Å². The Kier molecular flexibility index (Phi) is 8.08. The summed E-state index contributed by atoms with van der Waals surface area (Å²) in [6, 6.07) is 14.7. The third kappa shape index (κ3) is 6.65. The van der Waals surface area contributed by atoms with Crippen molar-refractivity contribution >= 4 is 31.9 Å². The molecule has 5 nitrogen and oxygen atoms in total. The maximum absolute atomic E-state index is 12.6. The van der Waals surface area contributed by atoms with Crippen LogP contribution >= 0.6 is 15.9 Å². The highest BCUT2D eigenvalue weighted by atomic mass is 79.9. The van der Waals surface area contributed by atoms with Crippen molar-refractivity contribution < 1.29 is 13.2 Å². The number of hydrogen-bond donors (Lipinski definition) is 2. The number of sulfonamides is 1. The molecule has 0 aromatic heterocycles. The van der Waals surface area contributed by atoms with Crippen LogP contribution in [0, 0.1) is 0 Å². The van der Waals surface area contributed by atoms with Gasteiger partial charge in [-0.05, 0) is 61.6 Å². The highest BCUT2D eigenvalue weighted by Crippen LogP contribution is 2.21. The molecule has 1 unspecified atom stereocenters. The van der Waals surface area contributed by atoms with Gasteiger partial charge in [-0.3, -0.25) is 4.79 Å². The van der Waals surface area contributed by atoms with Gasteiger partial charge in [-0.25, -0.2) is 13.1 Å². The van der Waals surface area contributed by atoms with Crippen LogP contribution in [-0.4, -0.2) is 20.4 Å². The molecular formula is C23H29BrN2O3S. The predicted molar refractivity (Wildman–Crippen MR) is 123 cm³/mol. The minimum Gasteiger partial charge on any atom is -0.350 e. The number of aryl methyl sites for hydroxylation is 1. The fraction of sp³-hybridized carbons (Fsp3) is 0.435. The molecule has 0 aliphatic heterocycles. The van der Waals surface area contributed by atoms with E-state index in [4.69, 9.17) is 0 Å². The summed E-state index contributed by atoms with van der Waals surface area (Å²) < 4.78 is 29.0. The summed E-state index contributed by atoms with van der Waals surface area (Å²) in [5.41, 5.74) is 1.98. The van der Waals surface area contributed by atoms with Crippen LogP contribution in [0.4, 0.5) is 0 Å². The van der Waals surface area contributed by atoms with Crippen LogP contribution in [0.5, 0.6) is 0 Å². The second kappa shape index (κ2) is 10.6. The number of nitrogens with one attached hydrogen (secondary N) is 2. The largest absolute Gasteiger partial charge is 0.350 e. The second-order valence-electron chi connectivity index (χ2n) is 7.94. The van der Waals surface area contributed by atoms with Crippen LogP contribution in [0.15, 0.2) is 57.9 Å². The number of hydrogen-bond acceptors (Lipinski definition) is 3. The zero-order valence-electron chi connectivity index (χ0n) is 17.2. The van der Waals surface area contributed by atoms with E-state index in [1.165, 1.54) is 6.42 Å². The molecule has 0 spiro atoms. The van der Waals surface area contributed by atoms with Gasteiger partial charge in [0.25, 0.3) is 0 Å². The Bertz CT molecular complexity index is 955. The second-order valence-corrected chi connectivity index (χ2v) is 10.6. The molecule has 1 saturated carbocycles. The number of carbonyl (C=O) groups excluding carboxylic acids is 1. The van der Waals surface area contributed by atoms with E-state index in [0.717, 1.165) is 41.3 Å². The maximum atomic E-state index is 12.6. The van der Waals surface area contributed by atoms with Gasteiger partial charge in [-0.1, -0.05) is 59.5 Å². The molecule has 2 aromatic rings. The molecule has 1 atom stereocenters. The van der Waals surface area contributed by atoms with Crippen LogP contribution in [0.2, 0.25) is 0 Å². The van der Waals surface area contributed by atoms with Gasteiger partial charge in [0.2, 0.25) is 15.9 Å². The summed E-state index contributed by atoms with van der Waals surface area (Å²) in [5, 5.41) is 3.01. The Morgan fingerprint density at radius 3 is 2.47 bits per heavy atom. The zero-order chi connectivity index (χ0) is 21.6. The van der Waals surface area contributed by atoms with Crippen LogP contribution in [0.25, 0.3) is 0 Å². The van der Waals surface area contributed by atoms with Gasteiger partial charge in [0, 0.05) is 16.9 Å². The molecule has 30 heavy (non-hydrogen) atoms. The number of amides is 1. The first-order valence-electron chi connectivity index (χ1n) is 10.5. The standard InChI is InChI=1S/C23H29BrN2O3S/c1-17(19-6-5-7-20(24)16-19)25-23(27)15-12-18-10-13-22(14-11-18)30(28,29)26-21-8-3-2-4-9-21/h5-7,10-11,13-14,16-17,21,26H,2-4,8-9,12,15H2,1H3,(H,25,27). The van der Waals surface area contributed by atoms with E-state index in [-0.39, 0.29) is 22.9 Å². The summed E-state index contributed by atoms with van der Waals surface area (Å²) in [4.78, 5) is 12.6. The molecule has 0 heterocycles. The van der Waals surface area contributed by atoms with E-state index in [2.05, 4.69) is 26.0 Å². The van der Waals surface area contributed by atoms with Crippen molar-refractivity contribution in [2.45, 2.75) is 68.8 Å². The Morgan fingerprint density at radius 1 is 1.10 bits per heavy atom. The molecule has 7 heteroatoms. The van der Waals surface area contributed by atoms with Crippen molar-refractivity contribution in [2.24, 2.45) is 0 Å². The highest BCUT2D eigenvalue weighted by molar-refractivity contribution is 9.10. The summed E-state index contributed by atoms with van der Waals surface area (Å²) in [6.45, 7) is 1.96. The number of carbonyl (C=O) groups is 1. The molecule has 162 valence electrons. The van der Waals surface area contributed by atoms with E-state index in [0.29, 0.717) is 12.8 Å². The van der Waals surface area contributed by atoms with Crippen molar-refractivity contribution in [3.8, 4) is 0 Å². The van der Waals surface area contributed by atoms with Gasteiger partial charge < -0.3 is 5.32 Å². The summed E-state index contributed by atoms with van der Waals surface area (Å²) in [6.07, 6.45) is 6.07. The molecule has 2 aromatic carbocycles. The molecule has 1 fully saturated rings. The number of halogens is 1. The highest BCUT2D eigenvalue weighted by Gasteiger charge is 2.21. The lowest BCUT2D eigenvalue weighted by Crippen LogP contribution is -2.36. The third-order valence-electron chi connectivity index (χ3n) is 5.53. The van der Waals surface area contributed by atoms with Crippen LogP contribution in [0.1, 0.15) is 62.6 Å². The first-order valence-corrected chi connectivity index (χ1v) is 12.8. The van der Waals surface area contributed by atoms with Crippen LogP contribution in [0.3, 0.4) is 0 Å². The molecule has 2 N–H and O–H groups in total. The predicted octanol–water partition coefficient (Wildman–Crippen LogP) is 4.87. The van der Waals surface area contributed by atoms with E-state index >= 15 is 0 Å². The van der Waals surface area contributed by atoms with E-state index < -0.39 is 10.0 Å². The molecule has 3 rings (SSSR count). The smallest absolute Gasteiger partial charge is 0.240 e. The van der Waals surface area contributed by atoms with Crippen molar-refractivity contribution in [1.29, 1.82) is 0 Å². The first-order chi connectivity index (χ1) is 14.3. The Morgan fingerprint density at radius 2 is 1.80 bits per heavy atom. The monoisotopic (exact) mass is 492 g/mol. The fourth-order valence-corrected chi connectivity index (χ4v) is 5.50. The average Bonchev–Trinajstić information content (AvgIpc) is 2.73. The summed E-state index contributed by atoms with van der Waals surface area (Å²) in [7, 11) is -3.49. The van der Waals surface area contributed by atoms with Crippen molar-refractivity contribution in [3.05, 3.63) is 64.1 Å². The molecule has 1 amide bonds. The summed E-state index contributed by atoms with van der Waals surface area (Å²) in [5.74, 6) is -0.0295. The Hall–Kier alpha value is -1.70. The van der Waals surface area contributed by atoms with Crippen LogP contribution in [-0.2, 0) is 21.2 Å². The molecule has 1 aliphatic rings. The van der Waals surface area contributed by atoms with Crippen LogP contribution < -0.4 is 10.0 Å². The minimum atomic E-state index is -3.49. The van der Waals surface area contributed by atoms with Gasteiger partial charge >= 0.3 is 0 Å². The Labute approximate surface area is 187 Å². The quantitative estimate of drug-likeness (QED) is 0.551. The van der Waals surface area contributed by atoms with Gasteiger partial charge in [0.05, 0.1) is 10.9 Å². The maximum Gasteiger partial charge on any atom is 0.240 e. The van der Waals surface area contributed by atoms with E-state index in [1.807, 2.05) is 31.2 Å². The van der Waals surface area contributed by atoms with E-state index in [9.17, 15) is 13.2 Å². The summed E-state index contributed by atoms with van der Waals surface area (Å²) >= 11 is 3.45. The fourth-order valence-electron chi connectivity index (χ4n) is 3.77. The van der Waals surface area contributed by atoms with Gasteiger partial charge in [0.1, 0.15) is 0 Å². The van der Waals surface area contributed by atoms with Crippen molar-refractivity contribution in [3.63, 3.8) is 0 Å².